The lowest BCUT2D eigenvalue weighted by Gasteiger charge is -2.38. The van der Waals surface area contributed by atoms with Crippen LogP contribution in [0.4, 0.5) is 11.4 Å². The lowest BCUT2D eigenvalue weighted by Crippen LogP contribution is -2.52. The van der Waals surface area contributed by atoms with Crippen LogP contribution in [0.3, 0.4) is 0 Å². The summed E-state index contributed by atoms with van der Waals surface area (Å²) < 4.78 is 10.5. The molecule has 7 heteroatoms. The van der Waals surface area contributed by atoms with Crippen molar-refractivity contribution in [2.45, 2.75) is 13.0 Å². The van der Waals surface area contributed by atoms with Gasteiger partial charge in [0.25, 0.3) is 0 Å². The van der Waals surface area contributed by atoms with Crippen molar-refractivity contribution in [3.8, 4) is 11.5 Å². The van der Waals surface area contributed by atoms with Crippen molar-refractivity contribution in [1.82, 2.24) is 4.90 Å². The minimum atomic E-state index is -0.235. The van der Waals surface area contributed by atoms with Gasteiger partial charge in [-0.15, -0.1) is 0 Å². The van der Waals surface area contributed by atoms with Crippen LogP contribution in [-0.4, -0.2) is 57.2 Å². The van der Waals surface area contributed by atoms with Gasteiger partial charge in [-0.3, -0.25) is 9.69 Å². The lowest BCUT2D eigenvalue weighted by atomic mass is 10.2. The number of hydrogen-bond acceptors (Lipinski definition) is 5. The molecule has 1 atom stereocenters. The number of methoxy groups -OCH3 is 2. The van der Waals surface area contributed by atoms with E-state index in [1.807, 2.05) is 31.2 Å². The maximum atomic E-state index is 12.7. The van der Waals surface area contributed by atoms with E-state index in [1.54, 1.807) is 32.4 Å². The second kappa shape index (κ2) is 9.17. The van der Waals surface area contributed by atoms with Crippen LogP contribution < -0.4 is 19.7 Å². The molecule has 6 nitrogen and oxygen atoms in total. The molecule has 1 fully saturated rings. The van der Waals surface area contributed by atoms with Crippen LogP contribution in [0.5, 0.6) is 11.5 Å². The van der Waals surface area contributed by atoms with Crippen LogP contribution in [-0.2, 0) is 4.79 Å². The van der Waals surface area contributed by atoms with Gasteiger partial charge in [0.15, 0.2) is 11.5 Å². The molecule has 0 aliphatic carbocycles. The number of anilines is 2. The number of para-hydroxylation sites is 1. The average molecular weight is 404 g/mol. The van der Waals surface area contributed by atoms with Crippen molar-refractivity contribution in [3.05, 3.63) is 47.5 Å². The van der Waals surface area contributed by atoms with E-state index in [1.165, 1.54) is 0 Å². The molecule has 0 unspecified atom stereocenters. The molecule has 1 amide bonds. The first-order valence-electron chi connectivity index (χ1n) is 9.30. The van der Waals surface area contributed by atoms with E-state index < -0.39 is 0 Å². The predicted octanol–water partition coefficient (Wildman–Crippen LogP) is 3.51. The van der Waals surface area contributed by atoms with E-state index in [9.17, 15) is 4.79 Å². The third-order valence-corrected chi connectivity index (χ3v) is 5.41. The molecule has 2 aromatic carbocycles. The van der Waals surface area contributed by atoms with Crippen molar-refractivity contribution in [2.24, 2.45) is 0 Å². The maximum absolute atomic E-state index is 12.7. The maximum Gasteiger partial charge on any atom is 0.241 e. The number of halogens is 1. The quantitative estimate of drug-likeness (QED) is 0.799. The molecule has 28 heavy (non-hydrogen) atoms. The summed E-state index contributed by atoms with van der Waals surface area (Å²) in [6, 6.07) is 13.0. The first kappa shape index (κ1) is 20.3. The number of carbonyl (C=O) groups excluding carboxylic acids is 1. The Balaban J connectivity index is 1.58. The third-order valence-electron chi connectivity index (χ3n) is 5.09. The summed E-state index contributed by atoms with van der Waals surface area (Å²) in [5, 5.41) is 3.73. The van der Waals surface area contributed by atoms with Crippen LogP contribution in [0.1, 0.15) is 6.92 Å². The van der Waals surface area contributed by atoms with Gasteiger partial charge in [0.2, 0.25) is 5.91 Å². The standard InChI is InChI=1S/C21H26ClN3O3/c1-15(21(26)23-16-8-9-19(27-2)20(14-16)28-3)24-10-12-25(13-11-24)18-7-5-4-6-17(18)22/h4-9,14-15H,10-13H2,1-3H3,(H,23,26)/t15-/m1/s1. The molecule has 3 rings (SSSR count). The zero-order chi connectivity index (χ0) is 20.1. The Morgan fingerprint density at radius 3 is 2.36 bits per heavy atom. The molecule has 1 aliphatic rings. The molecular formula is C21H26ClN3O3. The highest BCUT2D eigenvalue weighted by Gasteiger charge is 2.26. The molecule has 0 saturated carbocycles. The van der Waals surface area contributed by atoms with Gasteiger partial charge >= 0.3 is 0 Å². The number of rotatable bonds is 6. The first-order valence-corrected chi connectivity index (χ1v) is 9.67. The number of piperazine rings is 1. The fourth-order valence-electron chi connectivity index (χ4n) is 3.38. The highest BCUT2D eigenvalue weighted by atomic mass is 35.5. The van der Waals surface area contributed by atoms with Gasteiger partial charge in [0, 0.05) is 37.9 Å². The molecule has 2 aromatic rings. The van der Waals surface area contributed by atoms with E-state index >= 15 is 0 Å². The molecule has 150 valence electrons. The second-order valence-corrected chi connectivity index (χ2v) is 7.12. The van der Waals surface area contributed by atoms with Gasteiger partial charge < -0.3 is 19.7 Å². The zero-order valence-electron chi connectivity index (χ0n) is 16.4. The SMILES string of the molecule is COc1ccc(NC(=O)[C@@H](C)N2CCN(c3ccccc3Cl)CC2)cc1OC. The first-order chi connectivity index (χ1) is 13.5. The molecule has 0 radical (unpaired) electrons. The largest absolute Gasteiger partial charge is 0.493 e. The number of hydrogen-bond donors (Lipinski definition) is 1. The summed E-state index contributed by atoms with van der Waals surface area (Å²) in [5.74, 6) is 1.17. The van der Waals surface area contributed by atoms with E-state index in [-0.39, 0.29) is 11.9 Å². The predicted molar refractivity (Wildman–Crippen MR) is 113 cm³/mol. The molecule has 0 bridgehead atoms. The van der Waals surface area contributed by atoms with Gasteiger partial charge in [0.05, 0.1) is 31.0 Å². The van der Waals surface area contributed by atoms with Crippen LogP contribution in [0.2, 0.25) is 5.02 Å². The lowest BCUT2D eigenvalue weighted by molar-refractivity contribution is -0.120. The van der Waals surface area contributed by atoms with Crippen molar-refractivity contribution in [2.75, 3.05) is 50.6 Å². The van der Waals surface area contributed by atoms with Crippen LogP contribution >= 0.6 is 11.6 Å². The topological polar surface area (TPSA) is 54.0 Å². The molecular weight excluding hydrogens is 378 g/mol. The molecule has 1 aliphatic heterocycles. The molecule has 0 spiro atoms. The summed E-state index contributed by atoms with van der Waals surface area (Å²) in [6.07, 6.45) is 0. The Kier molecular flexibility index (Phi) is 6.65. The highest BCUT2D eigenvalue weighted by Crippen LogP contribution is 2.30. The molecule has 1 saturated heterocycles. The number of amides is 1. The van der Waals surface area contributed by atoms with Crippen molar-refractivity contribution < 1.29 is 14.3 Å². The Morgan fingerprint density at radius 1 is 1.04 bits per heavy atom. The Labute approximate surface area is 171 Å². The average Bonchev–Trinajstić information content (AvgIpc) is 2.73. The van der Waals surface area contributed by atoms with Crippen LogP contribution in [0.25, 0.3) is 0 Å². The van der Waals surface area contributed by atoms with E-state index in [0.29, 0.717) is 17.2 Å². The second-order valence-electron chi connectivity index (χ2n) is 6.71. The molecule has 1 N–H and O–H groups in total. The molecule has 0 aromatic heterocycles. The summed E-state index contributed by atoms with van der Waals surface area (Å²) in [5.41, 5.74) is 1.73. The van der Waals surface area contributed by atoms with Crippen LogP contribution in [0, 0.1) is 0 Å². The number of nitrogens with zero attached hydrogens (tertiary/aromatic N) is 2. The van der Waals surface area contributed by atoms with Gasteiger partial charge in [0.1, 0.15) is 0 Å². The summed E-state index contributed by atoms with van der Waals surface area (Å²) in [4.78, 5) is 17.2. The Bertz CT molecular complexity index is 822. The monoisotopic (exact) mass is 403 g/mol. The van der Waals surface area contributed by atoms with E-state index in [0.717, 1.165) is 36.9 Å². The minimum absolute atomic E-state index is 0.0431. The van der Waals surface area contributed by atoms with Gasteiger partial charge in [-0.1, -0.05) is 23.7 Å². The fraction of sp³-hybridized carbons (Fsp3) is 0.381. The summed E-state index contributed by atoms with van der Waals surface area (Å²) >= 11 is 6.30. The van der Waals surface area contributed by atoms with Gasteiger partial charge in [-0.25, -0.2) is 0 Å². The number of nitrogens with one attached hydrogen (secondary N) is 1. The van der Waals surface area contributed by atoms with Crippen LogP contribution in [0.15, 0.2) is 42.5 Å². The number of benzene rings is 2. The van der Waals surface area contributed by atoms with E-state index in [2.05, 4.69) is 15.1 Å². The van der Waals surface area contributed by atoms with Gasteiger partial charge in [-0.2, -0.15) is 0 Å². The molecule has 1 heterocycles. The van der Waals surface area contributed by atoms with Crippen molar-refractivity contribution >= 4 is 28.9 Å². The Hall–Kier alpha value is -2.44. The highest BCUT2D eigenvalue weighted by molar-refractivity contribution is 6.33. The normalized spacial score (nSPS) is 15.8. The smallest absolute Gasteiger partial charge is 0.241 e. The minimum Gasteiger partial charge on any atom is -0.493 e. The van der Waals surface area contributed by atoms with E-state index in [4.69, 9.17) is 21.1 Å². The summed E-state index contributed by atoms with van der Waals surface area (Å²) in [7, 11) is 3.16. The Morgan fingerprint density at radius 2 is 1.71 bits per heavy atom. The van der Waals surface area contributed by atoms with Gasteiger partial charge in [-0.05, 0) is 31.2 Å². The zero-order valence-corrected chi connectivity index (χ0v) is 17.2. The number of ether oxygens (including phenoxy) is 2. The fourth-order valence-corrected chi connectivity index (χ4v) is 3.64. The number of carbonyl (C=O) groups is 1. The van der Waals surface area contributed by atoms with Crippen molar-refractivity contribution in [3.63, 3.8) is 0 Å². The summed E-state index contributed by atoms with van der Waals surface area (Å²) in [6.45, 7) is 5.19. The van der Waals surface area contributed by atoms with Crippen molar-refractivity contribution in [1.29, 1.82) is 0 Å². The third kappa shape index (κ3) is 4.51.